The standard InChI is InChI=1S/C24H27BrN2O3S/c1-15-8-6-7-11-19(15)27-23(29)21(31-24(27)26-17-9-4-3-5-10-17)14-16-12-18(25)22(28)20(13-16)30-2/h3-5,9-10,12-15,19,24,26,28H,6-8,11H2,1-2H3/b21-14-/t15-,19+,24?/m0/s1. The van der Waals surface area contributed by atoms with Crippen LogP contribution in [-0.2, 0) is 4.79 Å². The van der Waals surface area contributed by atoms with E-state index in [0.29, 0.717) is 21.0 Å². The van der Waals surface area contributed by atoms with Crippen LogP contribution in [0.25, 0.3) is 6.08 Å². The SMILES string of the molecule is COc1cc(/C=C2\SC(Nc3ccccc3)N([C@@H]3CCCC[C@@H]3C)C2=O)cc(Br)c1O. The van der Waals surface area contributed by atoms with Crippen molar-refractivity contribution in [2.45, 2.75) is 44.1 Å². The average molecular weight is 503 g/mol. The zero-order chi connectivity index (χ0) is 22.0. The van der Waals surface area contributed by atoms with Crippen LogP contribution >= 0.6 is 27.7 Å². The van der Waals surface area contributed by atoms with Gasteiger partial charge >= 0.3 is 0 Å². The summed E-state index contributed by atoms with van der Waals surface area (Å²) in [7, 11) is 1.51. The second kappa shape index (κ2) is 9.57. The number of benzene rings is 2. The maximum Gasteiger partial charge on any atom is 0.262 e. The molecule has 1 aliphatic heterocycles. The smallest absolute Gasteiger partial charge is 0.262 e. The van der Waals surface area contributed by atoms with Crippen LogP contribution < -0.4 is 10.1 Å². The van der Waals surface area contributed by atoms with Crippen molar-refractivity contribution < 1.29 is 14.6 Å². The zero-order valence-electron chi connectivity index (χ0n) is 17.7. The number of nitrogens with one attached hydrogen (secondary N) is 1. The Bertz CT molecular complexity index is 982. The number of carbonyl (C=O) groups excluding carboxylic acids is 1. The molecule has 4 rings (SSSR count). The summed E-state index contributed by atoms with van der Waals surface area (Å²) in [6.45, 7) is 2.25. The summed E-state index contributed by atoms with van der Waals surface area (Å²) < 4.78 is 5.80. The van der Waals surface area contributed by atoms with Crippen LogP contribution in [-0.4, -0.2) is 34.6 Å². The number of halogens is 1. The van der Waals surface area contributed by atoms with Crippen molar-refractivity contribution in [3.63, 3.8) is 0 Å². The number of para-hydroxylation sites is 1. The third-order valence-electron chi connectivity index (χ3n) is 5.99. The fraction of sp³-hybridized carbons (Fsp3) is 0.375. The molecule has 1 heterocycles. The highest BCUT2D eigenvalue weighted by Gasteiger charge is 2.42. The third kappa shape index (κ3) is 4.72. The summed E-state index contributed by atoms with van der Waals surface area (Å²) in [5, 5.41) is 13.7. The second-order valence-electron chi connectivity index (χ2n) is 8.08. The average Bonchev–Trinajstić information content (AvgIpc) is 3.06. The van der Waals surface area contributed by atoms with E-state index in [1.165, 1.54) is 13.5 Å². The number of aromatic hydroxyl groups is 1. The van der Waals surface area contributed by atoms with Crippen molar-refractivity contribution in [1.82, 2.24) is 4.90 Å². The van der Waals surface area contributed by atoms with Gasteiger partial charge in [-0.15, -0.1) is 0 Å². The van der Waals surface area contributed by atoms with E-state index in [1.807, 2.05) is 41.3 Å². The predicted molar refractivity (Wildman–Crippen MR) is 130 cm³/mol. The lowest BCUT2D eigenvalue weighted by molar-refractivity contribution is -0.129. The molecule has 1 unspecified atom stereocenters. The van der Waals surface area contributed by atoms with Gasteiger partial charge in [-0.1, -0.05) is 49.7 Å². The highest BCUT2D eigenvalue weighted by atomic mass is 79.9. The molecule has 2 aromatic rings. The molecular weight excluding hydrogens is 476 g/mol. The fourth-order valence-electron chi connectivity index (χ4n) is 4.35. The first-order valence-corrected chi connectivity index (χ1v) is 12.2. The summed E-state index contributed by atoms with van der Waals surface area (Å²) in [5.41, 5.74) is 1.64. The number of phenolic OH excluding ortho intramolecular Hbond substituents is 1. The molecule has 0 radical (unpaired) electrons. The Morgan fingerprint density at radius 2 is 1.97 bits per heavy atom. The van der Waals surface area contributed by atoms with Crippen LogP contribution in [0.4, 0.5) is 5.69 Å². The Morgan fingerprint density at radius 1 is 1.23 bits per heavy atom. The molecule has 1 amide bonds. The van der Waals surface area contributed by atoms with Gasteiger partial charge in [0.25, 0.3) is 5.91 Å². The predicted octanol–water partition coefficient (Wildman–Crippen LogP) is 6.05. The van der Waals surface area contributed by atoms with Crippen LogP contribution in [0.2, 0.25) is 0 Å². The molecule has 0 aromatic heterocycles. The lowest BCUT2D eigenvalue weighted by Gasteiger charge is -2.39. The molecule has 2 aliphatic rings. The van der Waals surface area contributed by atoms with E-state index >= 15 is 0 Å². The molecule has 7 heteroatoms. The number of anilines is 1. The van der Waals surface area contributed by atoms with Crippen LogP contribution in [0.3, 0.4) is 0 Å². The Labute approximate surface area is 196 Å². The van der Waals surface area contributed by atoms with Gasteiger partial charge in [-0.3, -0.25) is 4.79 Å². The minimum absolute atomic E-state index is 0.0522. The maximum absolute atomic E-state index is 13.6. The lowest BCUT2D eigenvalue weighted by Crippen LogP contribution is -2.48. The molecule has 1 saturated carbocycles. The molecule has 164 valence electrons. The second-order valence-corrected chi connectivity index (χ2v) is 10.1. The number of hydrogen-bond donors (Lipinski definition) is 2. The number of ether oxygens (including phenoxy) is 1. The number of hydrogen-bond acceptors (Lipinski definition) is 5. The van der Waals surface area contributed by atoms with Gasteiger partial charge in [0.2, 0.25) is 0 Å². The first kappa shape index (κ1) is 22.1. The Morgan fingerprint density at radius 3 is 2.68 bits per heavy atom. The summed E-state index contributed by atoms with van der Waals surface area (Å²) in [6, 6.07) is 13.8. The van der Waals surface area contributed by atoms with E-state index in [2.05, 4.69) is 28.2 Å². The number of carbonyl (C=O) groups is 1. The number of nitrogens with zero attached hydrogens (tertiary/aromatic N) is 1. The molecule has 2 aromatic carbocycles. The maximum atomic E-state index is 13.6. The van der Waals surface area contributed by atoms with Crippen LogP contribution in [0.1, 0.15) is 38.2 Å². The van der Waals surface area contributed by atoms with Gasteiger partial charge in [0.15, 0.2) is 17.0 Å². The lowest BCUT2D eigenvalue weighted by atomic mass is 9.85. The van der Waals surface area contributed by atoms with Crippen molar-refractivity contribution in [2.24, 2.45) is 5.92 Å². The molecule has 0 bridgehead atoms. The van der Waals surface area contributed by atoms with Crippen molar-refractivity contribution in [2.75, 3.05) is 12.4 Å². The number of rotatable bonds is 5. The molecule has 2 N–H and O–H groups in total. The number of phenols is 1. The van der Waals surface area contributed by atoms with Gasteiger partial charge in [-0.05, 0) is 70.6 Å². The molecule has 1 aliphatic carbocycles. The summed E-state index contributed by atoms with van der Waals surface area (Å²) in [6.07, 6.45) is 6.45. The van der Waals surface area contributed by atoms with Crippen molar-refractivity contribution in [3.05, 3.63) is 57.4 Å². The normalized spacial score (nSPS) is 25.1. The van der Waals surface area contributed by atoms with Gasteiger partial charge in [-0.25, -0.2) is 0 Å². The van der Waals surface area contributed by atoms with E-state index in [1.54, 1.807) is 23.9 Å². The van der Waals surface area contributed by atoms with Crippen LogP contribution in [0, 0.1) is 5.92 Å². The fourth-order valence-corrected chi connectivity index (χ4v) is 6.02. The molecular formula is C24H27BrN2O3S. The summed E-state index contributed by atoms with van der Waals surface area (Å²) in [5.74, 6) is 0.950. The topological polar surface area (TPSA) is 61.8 Å². The molecule has 3 atom stereocenters. The Hall–Kier alpha value is -2.12. The summed E-state index contributed by atoms with van der Waals surface area (Å²) in [4.78, 5) is 16.3. The van der Waals surface area contributed by atoms with Gasteiger partial charge in [0, 0.05) is 11.7 Å². The van der Waals surface area contributed by atoms with Crippen LogP contribution in [0.5, 0.6) is 11.5 Å². The van der Waals surface area contributed by atoms with Crippen LogP contribution in [0.15, 0.2) is 51.8 Å². The minimum atomic E-state index is -0.158. The number of amides is 1. The zero-order valence-corrected chi connectivity index (χ0v) is 20.1. The van der Waals surface area contributed by atoms with E-state index in [0.717, 1.165) is 30.5 Å². The Kier molecular flexibility index (Phi) is 6.82. The minimum Gasteiger partial charge on any atom is -0.503 e. The molecule has 5 nitrogen and oxygen atoms in total. The molecule has 31 heavy (non-hydrogen) atoms. The first-order chi connectivity index (χ1) is 15.0. The largest absolute Gasteiger partial charge is 0.503 e. The molecule has 1 saturated heterocycles. The van der Waals surface area contributed by atoms with E-state index in [9.17, 15) is 9.90 Å². The van der Waals surface area contributed by atoms with Crippen molar-refractivity contribution in [3.8, 4) is 11.5 Å². The number of thioether (sulfide) groups is 1. The van der Waals surface area contributed by atoms with E-state index in [-0.39, 0.29) is 23.2 Å². The number of methoxy groups -OCH3 is 1. The van der Waals surface area contributed by atoms with Gasteiger partial charge in [0.1, 0.15) is 0 Å². The highest BCUT2D eigenvalue weighted by Crippen LogP contribution is 2.43. The molecule has 0 spiro atoms. The van der Waals surface area contributed by atoms with Gasteiger partial charge in [-0.2, -0.15) is 0 Å². The van der Waals surface area contributed by atoms with E-state index < -0.39 is 0 Å². The van der Waals surface area contributed by atoms with E-state index in [4.69, 9.17) is 4.74 Å². The monoisotopic (exact) mass is 502 g/mol. The van der Waals surface area contributed by atoms with Crippen molar-refractivity contribution >= 4 is 45.4 Å². The highest BCUT2D eigenvalue weighted by molar-refractivity contribution is 9.10. The van der Waals surface area contributed by atoms with Gasteiger partial charge < -0.3 is 20.1 Å². The molecule has 2 fully saturated rings. The third-order valence-corrected chi connectivity index (χ3v) is 7.71. The Balaban J connectivity index is 1.67. The quantitative estimate of drug-likeness (QED) is 0.487. The van der Waals surface area contributed by atoms with Gasteiger partial charge in [0.05, 0.1) is 16.5 Å². The first-order valence-electron chi connectivity index (χ1n) is 10.6. The van der Waals surface area contributed by atoms with Crippen molar-refractivity contribution in [1.29, 1.82) is 0 Å². The summed E-state index contributed by atoms with van der Waals surface area (Å²) >= 11 is 4.91.